The van der Waals surface area contributed by atoms with Gasteiger partial charge in [0.15, 0.2) is 5.78 Å². The molecule has 0 aromatic carbocycles. The first-order valence-corrected chi connectivity index (χ1v) is 7.16. The van der Waals surface area contributed by atoms with E-state index in [9.17, 15) is 9.90 Å². The van der Waals surface area contributed by atoms with Gasteiger partial charge in [-0.25, -0.2) is 0 Å². The minimum atomic E-state index is -0.836. The van der Waals surface area contributed by atoms with Crippen molar-refractivity contribution >= 4 is 15.0 Å². The van der Waals surface area contributed by atoms with E-state index in [0.29, 0.717) is 11.8 Å². The Morgan fingerprint density at radius 1 is 1.41 bits per heavy atom. The number of carbonyl (C=O) groups is 1. The average Bonchev–Trinajstić information content (AvgIpc) is 2.78. The van der Waals surface area contributed by atoms with Crippen molar-refractivity contribution < 1.29 is 14.6 Å². The van der Waals surface area contributed by atoms with Gasteiger partial charge in [0.2, 0.25) is 0 Å². The molecule has 0 aromatic rings. The summed E-state index contributed by atoms with van der Waals surface area (Å²) in [5, 5.41) is 9.54. The third-order valence-electron chi connectivity index (χ3n) is 5.30. The fraction of sp³-hybridized carbons (Fsp3) is 0.923. The highest BCUT2D eigenvalue weighted by Crippen LogP contribution is 2.57. The van der Waals surface area contributed by atoms with E-state index >= 15 is 0 Å². The largest absolute Gasteiger partial charge is 0.385 e. The van der Waals surface area contributed by atoms with Crippen molar-refractivity contribution in [2.75, 3.05) is 0 Å². The molecule has 0 radical (unpaired) electrons. The maximum atomic E-state index is 12.4. The minimum absolute atomic E-state index is 0.0928. The maximum absolute atomic E-state index is 12.4. The minimum Gasteiger partial charge on any atom is -0.385 e. The molecule has 0 spiro atoms. The van der Waals surface area contributed by atoms with Crippen molar-refractivity contribution in [1.82, 2.24) is 0 Å². The predicted octanol–water partition coefficient (Wildman–Crippen LogP) is 1.73. The molecule has 7 atom stereocenters. The molecule has 2 aliphatic heterocycles. The number of Topliss-reactive ketones (excluding diaryl/α,β-unsaturated/α-hetero) is 1. The van der Waals surface area contributed by atoms with E-state index in [4.69, 9.17) is 4.74 Å². The van der Waals surface area contributed by atoms with Crippen LogP contribution in [0.15, 0.2) is 0 Å². The first-order chi connectivity index (χ1) is 7.87. The van der Waals surface area contributed by atoms with Crippen molar-refractivity contribution in [3.05, 3.63) is 0 Å². The van der Waals surface area contributed by atoms with Crippen LogP contribution in [-0.4, -0.2) is 27.9 Å². The number of fused-ring (bicyclic) bond motifs is 4. The van der Waals surface area contributed by atoms with Crippen molar-refractivity contribution in [3.63, 3.8) is 0 Å². The van der Waals surface area contributed by atoms with Crippen LogP contribution in [0, 0.1) is 17.8 Å². The Kier molecular flexibility index (Phi) is 2.50. The fourth-order valence-corrected chi connectivity index (χ4v) is 4.86. The highest BCUT2D eigenvalue weighted by atomic mass is 31.0. The topological polar surface area (TPSA) is 46.5 Å². The molecule has 4 heteroatoms. The Morgan fingerprint density at radius 2 is 2.12 bits per heavy atom. The third kappa shape index (κ3) is 1.49. The number of rotatable bonds is 0. The van der Waals surface area contributed by atoms with Gasteiger partial charge in [-0.15, -0.1) is 0 Å². The second-order valence-corrected chi connectivity index (χ2v) is 7.28. The Labute approximate surface area is 105 Å². The van der Waals surface area contributed by atoms with E-state index in [0.717, 1.165) is 25.7 Å². The molecular formula is C13H21O3P. The SMILES string of the molecule is CC1CCC2C1C(O)C(=O)C1(P)CCC2(C)O1. The summed E-state index contributed by atoms with van der Waals surface area (Å²) in [7, 11) is 2.55. The van der Waals surface area contributed by atoms with E-state index in [1.54, 1.807) is 0 Å². The molecule has 96 valence electrons. The maximum Gasteiger partial charge on any atom is 0.196 e. The van der Waals surface area contributed by atoms with Gasteiger partial charge in [0, 0.05) is 5.92 Å². The van der Waals surface area contributed by atoms with Crippen LogP contribution in [0.25, 0.3) is 0 Å². The van der Waals surface area contributed by atoms with E-state index in [1.165, 1.54) is 0 Å². The zero-order valence-corrected chi connectivity index (χ0v) is 11.6. The number of ketones is 1. The summed E-state index contributed by atoms with van der Waals surface area (Å²) in [6.07, 6.45) is 3.00. The number of aliphatic hydroxyl groups excluding tert-OH is 1. The highest BCUT2D eigenvalue weighted by Gasteiger charge is 2.62. The quantitative estimate of drug-likeness (QED) is 0.671. The summed E-state index contributed by atoms with van der Waals surface area (Å²) in [6, 6.07) is 0. The predicted molar refractivity (Wildman–Crippen MR) is 67.6 cm³/mol. The van der Waals surface area contributed by atoms with Gasteiger partial charge in [0.25, 0.3) is 0 Å². The molecule has 0 aromatic heterocycles. The van der Waals surface area contributed by atoms with Gasteiger partial charge in [0.05, 0.1) is 5.60 Å². The van der Waals surface area contributed by atoms with Crippen LogP contribution in [0.3, 0.4) is 0 Å². The zero-order chi connectivity index (χ0) is 12.4. The molecule has 1 N–H and O–H groups in total. The fourth-order valence-electron chi connectivity index (χ4n) is 4.28. The lowest BCUT2D eigenvalue weighted by Gasteiger charge is -2.35. The summed E-state index contributed by atoms with van der Waals surface area (Å²) in [6.45, 7) is 4.28. The highest BCUT2D eigenvalue weighted by molar-refractivity contribution is 7.20. The molecule has 3 fully saturated rings. The van der Waals surface area contributed by atoms with Crippen LogP contribution >= 0.6 is 9.24 Å². The van der Waals surface area contributed by atoms with Crippen molar-refractivity contribution in [1.29, 1.82) is 0 Å². The van der Waals surface area contributed by atoms with Gasteiger partial charge >= 0.3 is 0 Å². The number of hydrogen-bond donors (Lipinski definition) is 1. The lowest BCUT2D eigenvalue weighted by Crippen LogP contribution is -2.43. The van der Waals surface area contributed by atoms with E-state index in [1.807, 2.05) is 0 Å². The number of aliphatic hydroxyl groups is 1. The summed E-state index contributed by atoms with van der Waals surface area (Å²) in [5.74, 6) is 0.733. The molecule has 3 rings (SSSR count). The van der Waals surface area contributed by atoms with Gasteiger partial charge in [-0.3, -0.25) is 4.79 Å². The van der Waals surface area contributed by atoms with Gasteiger partial charge in [-0.05, 0) is 44.4 Å². The second kappa shape index (κ2) is 3.53. The molecule has 3 nitrogen and oxygen atoms in total. The summed E-state index contributed by atoms with van der Waals surface area (Å²) in [4.78, 5) is 12.4. The second-order valence-electron chi connectivity index (χ2n) is 6.35. The normalized spacial score (nSPS) is 58.0. The molecule has 2 saturated heterocycles. The molecule has 1 aliphatic carbocycles. The van der Waals surface area contributed by atoms with Gasteiger partial charge in [-0.1, -0.05) is 16.2 Å². The molecular weight excluding hydrogens is 235 g/mol. The first-order valence-electron chi connectivity index (χ1n) is 6.59. The van der Waals surface area contributed by atoms with Crippen molar-refractivity contribution in [2.45, 2.75) is 56.6 Å². The Hall–Kier alpha value is 0.0200. The van der Waals surface area contributed by atoms with Gasteiger partial charge < -0.3 is 9.84 Å². The summed E-state index contributed by atoms with van der Waals surface area (Å²) in [5.41, 5.74) is -0.218. The molecule has 0 amide bonds. The van der Waals surface area contributed by atoms with Gasteiger partial charge in [0.1, 0.15) is 11.4 Å². The van der Waals surface area contributed by atoms with Crippen LogP contribution in [0.4, 0.5) is 0 Å². The lowest BCUT2D eigenvalue weighted by atomic mass is 9.73. The Bertz CT molecular complexity index is 372. The Balaban J connectivity index is 2.06. The van der Waals surface area contributed by atoms with E-state index in [-0.39, 0.29) is 17.3 Å². The van der Waals surface area contributed by atoms with Crippen LogP contribution in [-0.2, 0) is 9.53 Å². The average molecular weight is 256 g/mol. The monoisotopic (exact) mass is 256 g/mol. The lowest BCUT2D eigenvalue weighted by molar-refractivity contribution is -0.143. The van der Waals surface area contributed by atoms with Crippen LogP contribution < -0.4 is 0 Å². The molecule has 2 heterocycles. The Morgan fingerprint density at radius 3 is 2.82 bits per heavy atom. The first kappa shape index (κ1) is 12.1. The number of ether oxygens (including phenoxy) is 1. The molecule has 2 bridgehead atoms. The van der Waals surface area contributed by atoms with E-state index in [2.05, 4.69) is 23.1 Å². The smallest absolute Gasteiger partial charge is 0.196 e. The van der Waals surface area contributed by atoms with Crippen LogP contribution in [0.5, 0.6) is 0 Å². The molecule has 17 heavy (non-hydrogen) atoms. The summed E-state index contributed by atoms with van der Waals surface area (Å²) < 4.78 is 6.10. The van der Waals surface area contributed by atoms with Gasteiger partial charge in [-0.2, -0.15) is 0 Å². The van der Waals surface area contributed by atoms with Crippen LogP contribution in [0.2, 0.25) is 0 Å². The molecule has 3 aliphatic rings. The standard InChI is InChI=1S/C13H21O3P/c1-7-3-4-8-9(7)10(14)11(15)13(17)6-5-12(8,2)16-13/h7-10,14H,3-6,17H2,1-2H3. The van der Waals surface area contributed by atoms with Crippen LogP contribution in [0.1, 0.15) is 39.5 Å². The zero-order valence-electron chi connectivity index (χ0n) is 10.5. The van der Waals surface area contributed by atoms with Crippen molar-refractivity contribution in [2.24, 2.45) is 17.8 Å². The molecule has 1 saturated carbocycles. The van der Waals surface area contributed by atoms with E-state index < -0.39 is 11.4 Å². The number of carbonyl (C=O) groups excluding carboxylic acids is 1. The molecule has 7 unspecified atom stereocenters. The third-order valence-corrected chi connectivity index (χ3v) is 5.99. The summed E-state index contributed by atoms with van der Waals surface area (Å²) >= 11 is 0. The number of hydrogen-bond acceptors (Lipinski definition) is 3. The van der Waals surface area contributed by atoms with Crippen molar-refractivity contribution in [3.8, 4) is 0 Å².